The van der Waals surface area contributed by atoms with Crippen molar-refractivity contribution < 1.29 is 13.9 Å². The van der Waals surface area contributed by atoms with E-state index < -0.39 is 0 Å². The van der Waals surface area contributed by atoms with Crippen LogP contribution in [0.3, 0.4) is 0 Å². The molecule has 1 aromatic heterocycles. The van der Waals surface area contributed by atoms with Gasteiger partial charge in [0.2, 0.25) is 5.91 Å². The van der Waals surface area contributed by atoms with E-state index in [1.165, 1.54) is 0 Å². The number of furan rings is 1. The van der Waals surface area contributed by atoms with E-state index in [9.17, 15) is 4.79 Å². The Balaban J connectivity index is 1.72. The maximum atomic E-state index is 12.6. The van der Waals surface area contributed by atoms with Gasteiger partial charge in [0.25, 0.3) is 0 Å². The summed E-state index contributed by atoms with van der Waals surface area (Å²) in [5.41, 5.74) is 0.976. The number of hydrogen-bond donors (Lipinski definition) is 0. The topological polar surface area (TPSA) is 42.7 Å². The number of methoxy groups -OCH3 is 1. The lowest BCUT2D eigenvalue weighted by molar-refractivity contribution is -0.131. The first-order valence-corrected chi connectivity index (χ1v) is 7.24. The zero-order valence-corrected chi connectivity index (χ0v) is 12.1. The van der Waals surface area contributed by atoms with Gasteiger partial charge in [0.1, 0.15) is 11.5 Å². The summed E-state index contributed by atoms with van der Waals surface area (Å²) in [6.45, 7) is 0.800. The van der Waals surface area contributed by atoms with Crippen LogP contribution in [-0.2, 0) is 11.2 Å². The fourth-order valence-electron chi connectivity index (χ4n) is 2.90. The van der Waals surface area contributed by atoms with Crippen molar-refractivity contribution in [3.63, 3.8) is 0 Å². The lowest BCUT2D eigenvalue weighted by Crippen LogP contribution is -2.31. The molecule has 3 rings (SSSR count). The molecule has 1 saturated heterocycles. The van der Waals surface area contributed by atoms with Crippen LogP contribution in [0.1, 0.15) is 30.2 Å². The van der Waals surface area contributed by atoms with Crippen LogP contribution in [0.5, 0.6) is 5.75 Å². The first-order valence-electron chi connectivity index (χ1n) is 7.24. The molecular formula is C17H19NO3. The Bertz CT molecular complexity index is 606. The van der Waals surface area contributed by atoms with Crippen LogP contribution in [0.4, 0.5) is 0 Å². The Morgan fingerprint density at radius 2 is 2.29 bits per heavy atom. The summed E-state index contributed by atoms with van der Waals surface area (Å²) in [5.74, 6) is 1.80. The monoisotopic (exact) mass is 285 g/mol. The lowest BCUT2D eigenvalue weighted by Gasteiger charge is -2.23. The summed E-state index contributed by atoms with van der Waals surface area (Å²) < 4.78 is 10.7. The van der Waals surface area contributed by atoms with Crippen molar-refractivity contribution in [2.75, 3.05) is 13.7 Å². The van der Waals surface area contributed by atoms with Crippen molar-refractivity contribution in [1.82, 2.24) is 4.90 Å². The van der Waals surface area contributed by atoms with Gasteiger partial charge in [-0.2, -0.15) is 0 Å². The minimum absolute atomic E-state index is 0.0816. The van der Waals surface area contributed by atoms with E-state index >= 15 is 0 Å². The molecule has 0 spiro atoms. The molecule has 0 N–H and O–H groups in total. The summed E-state index contributed by atoms with van der Waals surface area (Å²) in [5, 5.41) is 0. The molecular weight excluding hydrogens is 266 g/mol. The summed E-state index contributed by atoms with van der Waals surface area (Å²) >= 11 is 0. The highest BCUT2D eigenvalue weighted by Gasteiger charge is 2.31. The highest BCUT2D eigenvalue weighted by atomic mass is 16.5. The van der Waals surface area contributed by atoms with Crippen molar-refractivity contribution >= 4 is 5.91 Å². The number of carbonyl (C=O) groups is 1. The molecule has 0 saturated carbocycles. The molecule has 0 radical (unpaired) electrons. The van der Waals surface area contributed by atoms with Crippen molar-refractivity contribution in [2.24, 2.45) is 0 Å². The molecule has 4 heteroatoms. The third-order valence-electron chi connectivity index (χ3n) is 3.93. The molecule has 21 heavy (non-hydrogen) atoms. The van der Waals surface area contributed by atoms with Gasteiger partial charge in [-0.3, -0.25) is 4.79 Å². The zero-order valence-electron chi connectivity index (χ0n) is 12.1. The fraction of sp³-hybridized carbons (Fsp3) is 0.353. The lowest BCUT2D eigenvalue weighted by atomic mass is 10.1. The normalized spacial score (nSPS) is 18.0. The SMILES string of the molecule is COc1cccc(CC(=O)N2CCC[C@@H]2c2ccco2)c1. The quantitative estimate of drug-likeness (QED) is 0.866. The Morgan fingerprint density at radius 3 is 3.05 bits per heavy atom. The van der Waals surface area contributed by atoms with Crippen LogP contribution in [0.2, 0.25) is 0 Å². The molecule has 1 aliphatic heterocycles. The zero-order chi connectivity index (χ0) is 14.7. The number of nitrogens with zero attached hydrogens (tertiary/aromatic N) is 1. The largest absolute Gasteiger partial charge is 0.497 e. The molecule has 1 aliphatic rings. The van der Waals surface area contributed by atoms with Crippen LogP contribution in [0.15, 0.2) is 47.1 Å². The molecule has 1 aromatic carbocycles. The van der Waals surface area contributed by atoms with Gasteiger partial charge in [0, 0.05) is 6.54 Å². The number of carbonyl (C=O) groups excluding carboxylic acids is 1. The number of amides is 1. The first kappa shape index (κ1) is 13.7. The molecule has 0 aliphatic carbocycles. The molecule has 1 fully saturated rings. The van der Waals surface area contributed by atoms with E-state index in [1.54, 1.807) is 13.4 Å². The Hall–Kier alpha value is -2.23. The van der Waals surface area contributed by atoms with E-state index in [4.69, 9.17) is 9.15 Å². The van der Waals surface area contributed by atoms with Gasteiger partial charge in [-0.05, 0) is 42.7 Å². The van der Waals surface area contributed by atoms with E-state index in [1.807, 2.05) is 41.3 Å². The van der Waals surface area contributed by atoms with Gasteiger partial charge in [-0.25, -0.2) is 0 Å². The van der Waals surface area contributed by atoms with Crippen LogP contribution >= 0.6 is 0 Å². The highest BCUT2D eigenvalue weighted by molar-refractivity contribution is 5.79. The number of likely N-dealkylation sites (tertiary alicyclic amines) is 1. The second kappa shape index (κ2) is 6.04. The van der Waals surface area contributed by atoms with E-state index in [0.29, 0.717) is 6.42 Å². The minimum Gasteiger partial charge on any atom is -0.497 e. The molecule has 110 valence electrons. The smallest absolute Gasteiger partial charge is 0.227 e. The average molecular weight is 285 g/mol. The molecule has 1 atom stereocenters. The van der Waals surface area contributed by atoms with Crippen molar-refractivity contribution in [2.45, 2.75) is 25.3 Å². The van der Waals surface area contributed by atoms with Crippen LogP contribution < -0.4 is 4.74 Å². The van der Waals surface area contributed by atoms with Gasteiger partial charge in [0.15, 0.2) is 0 Å². The molecule has 0 unspecified atom stereocenters. The predicted molar refractivity (Wildman–Crippen MR) is 79.1 cm³/mol. The van der Waals surface area contributed by atoms with Crippen molar-refractivity contribution in [1.29, 1.82) is 0 Å². The van der Waals surface area contributed by atoms with Gasteiger partial charge in [0.05, 0.1) is 25.8 Å². The second-order valence-corrected chi connectivity index (χ2v) is 5.29. The number of rotatable bonds is 4. The van der Waals surface area contributed by atoms with Gasteiger partial charge < -0.3 is 14.1 Å². The van der Waals surface area contributed by atoms with E-state index in [2.05, 4.69) is 0 Å². The Labute approximate surface area is 124 Å². The number of benzene rings is 1. The molecule has 2 heterocycles. The van der Waals surface area contributed by atoms with Gasteiger partial charge in [-0.1, -0.05) is 12.1 Å². The predicted octanol–water partition coefficient (Wildman–Crippen LogP) is 3.19. The van der Waals surface area contributed by atoms with Crippen LogP contribution in [-0.4, -0.2) is 24.5 Å². The molecule has 4 nitrogen and oxygen atoms in total. The minimum atomic E-state index is 0.0816. The summed E-state index contributed by atoms with van der Waals surface area (Å²) in [4.78, 5) is 14.5. The fourth-order valence-corrected chi connectivity index (χ4v) is 2.90. The van der Waals surface area contributed by atoms with Crippen molar-refractivity contribution in [3.8, 4) is 5.75 Å². The highest BCUT2D eigenvalue weighted by Crippen LogP contribution is 2.32. The Kier molecular flexibility index (Phi) is 3.95. The summed E-state index contributed by atoms with van der Waals surface area (Å²) in [6, 6.07) is 11.6. The van der Waals surface area contributed by atoms with Crippen LogP contribution in [0, 0.1) is 0 Å². The van der Waals surface area contributed by atoms with Gasteiger partial charge >= 0.3 is 0 Å². The average Bonchev–Trinajstić information content (AvgIpc) is 3.18. The van der Waals surface area contributed by atoms with E-state index in [-0.39, 0.29) is 11.9 Å². The first-order chi connectivity index (χ1) is 10.3. The maximum Gasteiger partial charge on any atom is 0.227 e. The molecule has 1 amide bonds. The molecule has 2 aromatic rings. The van der Waals surface area contributed by atoms with Gasteiger partial charge in [-0.15, -0.1) is 0 Å². The Morgan fingerprint density at radius 1 is 1.38 bits per heavy atom. The van der Waals surface area contributed by atoms with Crippen LogP contribution in [0.25, 0.3) is 0 Å². The third kappa shape index (κ3) is 2.94. The second-order valence-electron chi connectivity index (χ2n) is 5.29. The summed E-state index contributed by atoms with van der Waals surface area (Å²) in [7, 11) is 1.63. The molecule has 0 bridgehead atoms. The van der Waals surface area contributed by atoms with E-state index in [0.717, 1.165) is 36.5 Å². The number of hydrogen-bond acceptors (Lipinski definition) is 3. The standard InChI is InChI=1S/C17H19NO3/c1-20-14-6-2-5-13(11-14)12-17(19)18-9-3-7-15(18)16-8-4-10-21-16/h2,4-6,8,10-11,15H,3,7,9,12H2,1H3/t15-/m1/s1. The maximum absolute atomic E-state index is 12.6. The number of ether oxygens (including phenoxy) is 1. The third-order valence-corrected chi connectivity index (χ3v) is 3.93. The summed E-state index contributed by atoms with van der Waals surface area (Å²) in [6.07, 6.45) is 4.05. The van der Waals surface area contributed by atoms with Crippen molar-refractivity contribution in [3.05, 3.63) is 54.0 Å².